The van der Waals surface area contributed by atoms with E-state index < -0.39 is 0 Å². The molecule has 100 valence electrons. The summed E-state index contributed by atoms with van der Waals surface area (Å²) in [6.45, 7) is 5.59. The van der Waals surface area contributed by atoms with E-state index in [0.717, 1.165) is 17.9 Å². The minimum atomic E-state index is -0.00329. The summed E-state index contributed by atoms with van der Waals surface area (Å²) in [5, 5.41) is 9.99. The molecule has 0 aromatic carbocycles. The molecule has 1 amide bonds. The highest BCUT2D eigenvalue weighted by Crippen LogP contribution is 2.00. The van der Waals surface area contributed by atoms with Crippen LogP contribution in [0.1, 0.15) is 11.4 Å². The fourth-order valence-electron chi connectivity index (χ4n) is 1.35. The smallest absolute Gasteiger partial charge is 0.241 e. The zero-order valence-corrected chi connectivity index (χ0v) is 12.0. The van der Waals surface area contributed by atoms with Crippen LogP contribution in [0.5, 0.6) is 0 Å². The van der Waals surface area contributed by atoms with Crippen LogP contribution in [-0.2, 0) is 11.3 Å². The van der Waals surface area contributed by atoms with Crippen LogP contribution in [0.3, 0.4) is 0 Å². The Morgan fingerprint density at radius 3 is 2.47 bits per heavy atom. The summed E-state index contributed by atoms with van der Waals surface area (Å²) in [6.07, 6.45) is 0. The Morgan fingerprint density at radius 1 is 1.35 bits per heavy atom. The van der Waals surface area contributed by atoms with Gasteiger partial charge in [0.1, 0.15) is 6.54 Å². The first-order valence-electron chi connectivity index (χ1n) is 5.06. The first kappa shape index (κ1) is 18.6. The van der Waals surface area contributed by atoms with E-state index in [-0.39, 0.29) is 30.7 Å². The highest BCUT2D eigenvalue weighted by Gasteiger charge is 2.05. The van der Waals surface area contributed by atoms with Crippen molar-refractivity contribution >= 4 is 30.7 Å². The maximum Gasteiger partial charge on any atom is 0.241 e. The second kappa shape index (κ2) is 9.27. The number of hydrogen-bond donors (Lipinski definition) is 2. The number of aromatic nitrogens is 2. The zero-order chi connectivity index (χ0) is 11.3. The number of likely N-dealkylation sites (N-methyl/N-ethyl adjacent to an activating group) is 1. The second-order valence-corrected chi connectivity index (χ2v) is 3.54. The summed E-state index contributed by atoms with van der Waals surface area (Å²) in [7, 11) is 1.85. The normalized spacial score (nSPS) is 9.12. The maximum atomic E-state index is 11.4. The average Bonchev–Trinajstić information content (AvgIpc) is 2.45. The zero-order valence-electron chi connectivity index (χ0n) is 10.3. The van der Waals surface area contributed by atoms with Crippen LogP contribution in [0, 0.1) is 13.8 Å². The number of rotatable bonds is 5. The lowest BCUT2D eigenvalue weighted by molar-refractivity contribution is -0.121. The number of halogens is 2. The summed E-state index contributed by atoms with van der Waals surface area (Å²) in [5.74, 6) is -0.00329. The Morgan fingerprint density at radius 2 is 2.00 bits per heavy atom. The summed E-state index contributed by atoms with van der Waals surface area (Å²) >= 11 is 0. The molecule has 1 heterocycles. The molecule has 1 aromatic rings. The van der Waals surface area contributed by atoms with Crippen molar-refractivity contribution in [1.82, 2.24) is 20.4 Å². The second-order valence-electron chi connectivity index (χ2n) is 3.54. The Hall–Kier alpha value is -0.780. The van der Waals surface area contributed by atoms with E-state index in [1.807, 2.05) is 27.0 Å². The lowest BCUT2D eigenvalue weighted by Crippen LogP contribution is -2.33. The third-order valence-electron chi connectivity index (χ3n) is 2.09. The van der Waals surface area contributed by atoms with Crippen LogP contribution in [0.2, 0.25) is 0 Å². The molecule has 7 heteroatoms. The van der Waals surface area contributed by atoms with E-state index in [1.54, 1.807) is 4.68 Å². The minimum Gasteiger partial charge on any atom is -0.353 e. The van der Waals surface area contributed by atoms with Crippen molar-refractivity contribution in [3.63, 3.8) is 0 Å². The molecule has 0 aliphatic carbocycles. The van der Waals surface area contributed by atoms with Crippen LogP contribution < -0.4 is 10.6 Å². The van der Waals surface area contributed by atoms with Crippen molar-refractivity contribution in [1.29, 1.82) is 0 Å². The van der Waals surface area contributed by atoms with Gasteiger partial charge in [-0.25, -0.2) is 0 Å². The third kappa shape index (κ3) is 6.51. The molecule has 2 N–H and O–H groups in total. The van der Waals surface area contributed by atoms with E-state index in [0.29, 0.717) is 13.1 Å². The molecular weight excluding hydrogens is 263 g/mol. The summed E-state index contributed by atoms with van der Waals surface area (Å²) < 4.78 is 1.71. The van der Waals surface area contributed by atoms with Crippen LogP contribution >= 0.6 is 24.8 Å². The quantitative estimate of drug-likeness (QED) is 0.781. The molecule has 17 heavy (non-hydrogen) atoms. The molecule has 0 bridgehead atoms. The minimum absolute atomic E-state index is 0. The van der Waals surface area contributed by atoms with Crippen molar-refractivity contribution in [3.8, 4) is 0 Å². The van der Waals surface area contributed by atoms with Crippen LogP contribution in [0.4, 0.5) is 0 Å². The predicted molar refractivity (Wildman–Crippen MR) is 73.1 cm³/mol. The van der Waals surface area contributed by atoms with Gasteiger partial charge in [-0.1, -0.05) is 0 Å². The first-order valence-corrected chi connectivity index (χ1v) is 5.06. The molecule has 0 saturated heterocycles. The van der Waals surface area contributed by atoms with Crippen molar-refractivity contribution in [2.75, 3.05) is 20.1 Å². The van der Waals surface area contributed by atoms with Gasteiger partial charge in [-0.05, 0) is 27.0 Å². The van der Waals surface area contributed by atoms with E-state index in [4.69, 9.17) is 0 Å². The van der Waals surface area contributed by atoms with E-state index in [1.165, 1.54) is 0 Å². The Bertz CT molecular complexity index is 341. The SMILES string of the molecule is CNCCNC(=O)Cn1nc(C)cc1C.Cl.Cl. The average molecular weight is 283 g/mol. The summed E-state index contributed by atoms with van der Waals surface area (Å²) in [4.78, 5) is 11.4. The number of hydrogen-bond acceptors (Lipinski definition) is 3. The van der Waals surface area contributed by atoms with E-state index in [9.17, 15) is 4.79 Å². The molecule has 0 spiro atoms. The standard InChI is InChI=1S/C10H18N4O.2ClH/c1-8-6-9(2)14(13-8)7-10(15)12-5-4-11-3;;/h6,11H,4-5,7H2,1-3H3,(H,12,15);2*1H. The topological polar surface area (TPSA) is 58.9 Å². The van der Waals surface area contributed by atoms with Gasteiger partial charge in [0.2, 0.25) is 5.91 Å². The van der Waals surface area contributed by atoms with Gasteiger partial charge in [0, 0.05) is 18.8 Å². The van der Waals surface area contributed by atoms with Crippen molar-refractivity contribution in [3.05, 3.63) is 17.5 Å². The van der Waals surface area contributed by atoms with Gasteiger partial charge in [0.15, 0.2) is 0 Å². The van der Waals surface area contributed by atoms with Gasteiger partial charge >= 0.3 is 0 Å². The molecule has 0 radical (unpaired) electrons. The lowest BCUT2D eigenvalue weighted by atomic mass is 10.4. The number of carbonyl (C=O) groups excluding carboxylic acids is 1. The van der Waals surface area contributed by atoms with Crippen LogP contribution in [0.15, 0.2) is 6.07 Å². The number of amides is 1. The van der Waals surface area contributed by atoms with Gasteiger partial charge in [-0.2, -0.15) is 5.10 Å². The number of nitrogens with one attached hydrogen (secondary N) is 2. The van der Waals surface area contributed by atoms with Crippen molar-refractivity contribution in [2.24, 2.45) is 0 Å². The first-order chi connectivity index (χ1) is 7.13. The third-order valence-corrected chi connectivity index (χ3v) is 2.09. The Balaban J connectivity index is 0. The van der Waals surface area contributed by atoms with Gasteiger partial charge in [0.25, 0.3) is 0 Å². The van der Waals surface area contributed by atoms with Gasteiger partial charge in [-0.15, -0.1) is 24.8 Å². The molecule has 1 rings (SSSR count). The Kier molecular flexibility index (Phi) is 10.1. The number of carbonyl (C=O) groups is 1. The van der Waals surface area contributed by atoms with Crippen LogP contribution in [-0.4, -0.2) is 35.8 Å². The maximum absolute atomic E-state index is 11.4. The largest absolute Gasteiger partial charge is 0.353 e. The molecule has 0 aliphatic rings. The van der Waals surface area contributed by atoms with Gasteiger partial charge in [-0.3, -0.25) is 9.48 Å². The monoisotopic (exact) mass is 282 g/mol. The van der Waals surface area contributed by atoms with Gasteiger partial charge in [0.05, 0.1) is 5.69 Å². The molecule has 0 saturated carbocycles. The highest BCUT2D eigenvalue weighted by molar-refractivity contribution is 5.85. The lowest BCUT2D eigenvalue weighted by Gasteiger charge is -2.06. The van der Waals surface area contributed by atoms with Crippen LogP contribution in [0.25, 0.3) is 0 Å². The molecule has 1 aromatic heterocycles. The molecule has 0 unspecified atom stereocenters. The molecular formula is C10H20Cl2N4O. The highest BCUT2D eigenvalue weighted by atomic mass is 35.5. The molecule has 0 atom stereocenters. The summed E-state index contributed by atoms with van der Waals surface area (Å²) in [5.41, 5.74) is 1.95. The van der Waals surface area contributed by atoms with E-state index >= 15 is 0 Å². The summed E-state index contributed by atoms with van der Waals surface area (Å²) in [6, 6.07) is 1.96. The van der Waals surface area contributed by atoms with Crippen molar-refractivity contribution in [2.45, 2.75) is 20.4 Å². The molecule has 0 fully saturated rings. The predicted octanol–water partition coefficient (Wildman–Crippen LogP) is 0.679. The Labute approximate surface area is 114 Å². The van der Waals surface area contributed by atoms with E-state index in [2.05, 4.69) is 15.7 Å². The molecule has 5 nitrogen and oxygen atoms in total. The molecule has 0 aliphatic heterocycles. The number of aryl methyl sites for hydroxylation is 2. The fourth-order valence-corrected chi connectivity index (χ4v) is 1.35. The van der Waals surface area contributed by atoms with Gasteiger partial charge < -0.3 is 10.6 Å². The van der Waals surface area contributed by atoms with Crippen molar-refractivity contribution < 1.29 is 4.79 Å². The fraction of sp³-hybridized carbons (Fsp3) is 0.600. The number of nitrogens with zero attached hydrogens (tertiary/aromatic N) is 2.